The van der Waals surface area contributed by atoms with Gasteiger partial charge in [0.25, 0.3) is 0 Å². The molecule has 1 aromatic heterocycles. The summed E-state index contributed by atoms with van der Waals surface area (Å²) in [5.41, 5.74) is 2.40. The topological polar surface area (TPSA) is 57.5 Å². The molecule has 0 bridgehead atoms. The molecule has 0 spiro atoms. The molecule has 27 heavy (non-hydrogen) atoms. The summed E-state index contributed by atoms with van der Waals surface area (Å²) in [5, 5.41) is 11.1. The number of hydrogen-bond acceptors (Lipinski definition) is 3. The fourth-order valence-electron chi connectivity index (χ4n) is 3.39. The van der Waals surface area contributed by atoms with Gasteiger partial charge in [-0.05, 0) is 63.0 Å². The lowest BCUT2D eigenvalue weighted by Crippen LogP contribution is -2.39. The van der Waals surface area contributed by atoms with Gasteiger partial charge in [0.15, 0.2) is 5.96 Å². The summed E-state index contributed by atoms with van der Waals surface area (Å²) < 4.78 is 1.88. The molecule has 0 saturated carbocycles. The molecule has 0 unspecified atom stereocenters. The van der Waals surface area contributed by atoms with Crippen molar-refractivity contribution in [3.8, 4) is 5.69 Å². The van der Waals surface area contributed by atoms with E-state index in [1.54, 1.807) is 6.20 Å². The van der Waals surface area contributed by atoms with E-state index in [0.717, 1.165) is 44.2 Å². The lowest BCUT2D eigenvalue weighted by Gasteiger charge is -2.25. The van der Waals surface area contributed by atoms with Crippen LogP contribution in [0, 0.1) is 0 Å². The van der Waals surface area contributed by atoms with Crippen LogP contribution >= 0.6 is 0 Å². The number of guanidine groups is 1. The Bertz CT molecular complexity index is 671. The molecule has 0 radical (unpaired) electrons. The predicted molar refractivity (Wildman–Crippen MR) is 112 cm³/mol. The van der Waals surface area contributed by atoms with Crippen LogP contribution in [0.1, 0.15) is 31.7 Å². The molecule has 1 aromatic carbocycles. The van der Waals surface area contributed by atoms with Gasteiger partial charge in [-0.2, -0.15) is 5.10 Å². The van der Waals surface area contributed by atoms with Crippen molar-refractivity contribution in [2.45, 2.75) is 32.6 Å². The maximum Gasteiger partial charge on any atom is 0.191 e. The minimum Gasteiger partial charge on any atom is -0.357 e. The van der Waals surface area contributed by atoms with Gasteiger partial charge < -0.3 is 15.5 Å². The zero-order valence-corrected chi connectivity index (χ0v) is 16.4. The van der Waals surface area contributed by atoms with E-state index in [1.165, 1.54) is 37.9 Å². The minimum absolute atomic E-state index is 0.855. The Morgan fingerprint density at radius 1 is 1.11 bits per heavy atom. The summed E-state index contributed by atoms with van der Waals surface area (Å²) in [5.74, 6) is 0.919. The molecule has 1 fully saturated rings. The highest BCUT2D eigenvalue weighted by molar-refractivity contribution is 5.79. The number of hydrogen-bond donors (Lipinski definition) is 2. The fourth-order valence-corrected chi connectivity index (χ4v) is 3.39. The Kier molecular flexibility index (Phi) is 7.71. The molecule has 1 aliphatic heterocycles. The zero-order chi connectivity index (χ0) is 18.7. The quantitative estimate of drug-likeness (QED) is 0.555. The molecule has 2 heterocycles. The molecule has 2 aromatic rings. The third-order valence-electron chi connectivity index (χ3n) is 4.89. The minimum atomic E-state index is 0.855. The fraction of sp³-hybridized carbons (Fsp3) is 0.524. The number of aliphatic imine (C=N–C) groups is 1. The molecule has 1 saturated heterocycles. The van der Waals surface area contributed by atoms with Crippen molar-refractivity contribution in [3.05, 3.63) is 48.3 Å². The molecule has 0 aliphatic carbocycles. The lowest BCUT2D eigenvalue weighted by atomic mass is 10.1. The first-order valence-electron chi connectivity index (χ1n) is 10.2. The Morgan fingerprint density at radius 3 is 2.63 bits per heavy atom. The first-order chi connectivity index (χ1) is 13.3. The van der Waals surface area contributed by atoms with Crippen LogP contribution in [0.3, 0.4) is 0 Å². The molecule has 146 valence electrons. The van der Waals surface area contributed by atoms with Crippen LogP contribution in [0.4, 0.5) is 0 Å². The van der Waals surface area contributed by atoms with Crippen LogP contribution < -0.4 is 10.6 Å². The number of nitrogens with one attached hydrogen (secondary N) is 2. The second-order valence-electron chi connectivity index (χ2n) is 6.96. The highest BCUT2D eigenvalue weighted by Gasteiger charge is 2.09. The third-order valence-corrected chi connectivity index (χ3v) is 4.89. The average molecular weight is 369 g/mol. The standard InChI is InChI=1S/C21H32N6/c1-2-22-21(24-14-18-26-15-4-3-5-16-26)23-13-11-19-7-9-20(10-8-19)27-17-6-12-25-27/h6-10,12,17H,2-5,11,13-16,18H2,1H3,(H2,22,23,24). The smallest absolute Gasteiger partial charge is 0.191 e. The number of nitrogens with zero attached hydrogens (tertiary/aromatic N) is 4. The van der Waals surface area contributed by atoms with Gasteiger partial charge >= 0.3 is 0 Å². The molecule has 1 aliphatic rings. The molecule has 2 N–H and O–H groups in total. The molecular formula is C21H32N6. The second kappa shape index (κ2) is 10.7. The molecule has 0 amide bonds. The van der Waals surface area contributed by atoms with E-state index in [9.17, 15) is 0 Å². The number of piperidine rings is 1. The Morgan fingerprint density at radius 2 is 1.93 bits per heavy atom. The van der Waals surface area contributed by atoms with E-state index in [1.807, 2.05) is 16.9 Å². The highest BCUT2D eigenvalue weighted by atomic mass is 15.3. The molecule has 6 heteroatoms. The lowest BCUT2D eigenvalue weighted by molar-refractivity contribution is 0.235. The van der Waals surface area contributed by atoms with Crippen LogP contribution in [-0.2, 0) is 6.42 Å². The Hall–Kier alpha value is -2.34. The first-order valence-corrected chi connectivity index (χ1v) is 10.2. The van der Waals surface area contributed by atoms with Gasteiger partial charge in [-0.3, -0.25) is 4.99 Å². The van der Waals surface area contributed by atoms with Crippen LogP contribution in [0.2, 0.25) is 0 Å². The van der Waals surface area contributed by atoms with Crippen LogP contribution in [0.5, 0.6) is 0 Å². The largest absolute Gasteiger partial charge is 0.357 e. The summed E-state index contributed by atoms with van der Waals surface area (Å²) in [6.07, 6.45) is 8.77. The van der Waals surface area contributed by atoms with Gasteiger partial charge in [0.05, 0.1) is 12.2 Å². The van der Waals surface area contributed by atoms with E-state index in [4.69, 9.17) is 4.99 Å². The maximum atomic E-state index is 4.73. The molecule has 6 nitrogen and oxygen atoms in total. The van der Waals surface area contributed by atoms with E-state index in [-0.39, 0.29) is 0 Å². The Labute approximate surface area is 162 Å². The van der Waals surface area contributed by atoms with Crippen molar-refractivity contribution >= 4 is 5.96 Å². The van der Waals surface area contributed by atoms with Crippen LogP contribution in [-0.4, -0.2) is 59.9 Å². The third kappa shape index (κ3) is 6.40. The number of aromatic nitrogens is 2. The van der Waals surface area contributed by atoms with Crippen molar-refractivity contribution in [2.24, 2.45) is 4.99 Å². The summed E-state index contributed by atoms with van der Waals surface area (Å²) in [6.45, 7) is 8.24. The number of likely N-dealkylation sites (tertiary alicyclic amines) is 1. The normalized spacial score (nSPS) is 15.7. The monoisotopic (exact) mass is 368 g/mol. The SMILES string of the molecule is CCNC(=NCCN1CCCCC1)NCCc1ccc(-n2cccn2)cc1. The molecular weight excluding hydrogens is 336 g/mol. The number of benzene rings is 1. The second-order valence-corrected chi connectivity index (χ2v) is 6.96. The van der Waals surface area contributed by atoms with E-state index >= 15 is 0 Å². The van der Waals surface area contributed by atoms with E-state index in [0.29, 0.717) is 0 Å². The van der Waals surface area contributed by atoms with Crippen molar-refractivity contribution in [2.75, 3.05) is 39.3 Å². The predicted octanol–water partition coefficient (Wildman–Crippen LogP) is 2.46. The molecule has 0 atom stereocenters. The maximum absolute atomic E-state index is 4.73. The van der Waals surface area contributed by atoms with Gasteiger partial charge in [-0.15, -0.1) is 0 Å². The van der Waals surface area contributed by atoms with Crippen molar-refractivity contribution in [1.82, 2.24) is 25.3 Å². The van der Waals surface area contributed by atoms with Gasteiger partial charge in [0, 0.05) is 32.0 Å². The summed E-state index contributed by atoms with van der Waals surface area (Å²) in [4.78, 5) is 7.25. The van der Waals surface area contributed by atoms with Crippen molar-refractivity contribution in [3.63, 3.8) is 0 Å². The van der Waals surface area contributed by atoms with Gasteiger partial charge in [-0.1, -0.05) is 18.6 Å². The Balaban J connectivity index is 1.42. The summed E-state index contributed by atoms with van der Waals surface area (Å²) >= 11 is 0. The van der Waals surface area contributed by atoms with E-state index < -0.39 is 0 Å². The van der Waals surface area contributed by atoms with Crippen molar-refractivity contribution in [1.29, 1.82) is 0 Å². The number of rotatable bonds is 8. The molecule has 3 rings (SSSR count). The van der Waals surface area contributed by atoms with Crippen LogP contribution in [0.25, 0.3) is 5.69 Å². The zero-order valence-electron chi connectivity index (χ0n) is 16.4. The average Bonchev–Trinajstić information content (AvgIpc) is 3.24. The van der Waals surface area contributed by atoms with Gasteiger partial charge in [-0.25, -0.2) is 4.68 Å². The van der Waals surface area contributed by atoms with E-state index in [2.05, 4.69) is 51.8 Å². The van der Waals surface area contributed by atoms with Gasteiger partial charge in [0.2, 0.25) is 0 Å². The highest BCUT2D eigenvalue weighted by Crippen LogP contribution is 2.09. The summed E-state index contributed by atoms with van der Waals surface area (Å²) in [7, 11) is 0. The van der Waals surface area contributed by atoms with Gasteiger partial charge in [0.1, 0.15) is 0 Å². The first kappa shape index (κ1) is 19.4. The van der Waals surface area contributed by atoms with Crippen LogP contribution in [0.15, 0.2) is 47.7 Å². The van der Waals surface area contributed by atoms with Crippen molar-refractivity contribution < 1.29 is 0 Å². The summed E-state index contributed by atoms with van der Waals surface area (Å²) in [6, 6.07) is 10.5.